The Kier molecular flexibility index (Phi) is 4.90. The Morgan fingerprint density at radius 2 is 1.86 bits per heavy atom. The Hall–Kier alpha value is -3.64. The number of anilines is 1. The van der Waals surface area contributed by atoms with E-state index in [1.54, 1.807) is 19.1 Å². The van der Waals surface area contributed by atoms with Crippen LogP contribution in [0.25, 0.3) is 5.69 Å². The molecule has 0 saturated heterocycles. The van der Waals surface area contributed by atoms with Crippen molar-refractivity contribution in [2.75, 3.05) is 5.73 Å². The number of azo groups is 1. The van der Waals surface area contributed by atoms with Crippen LogP contribution in [0.2, 0.25) is 0 Å². The van der Waals surface area contributed by atoms with Crippen LogP contribution in [-0.4, -0.2) is 27.7 Å². The smallest absolute Gasteiger partial charge is 0.297 e. The average molecular weight is 402 g/mol. The highest BCUT2D eigenvalue weighted by atomic mass is 32.2. The molecule has 3 N–H and O–H groups in total. The molecule has 0 amide bonds. The summed E-state index contributed by atoms with van der Waals surface area (Å²) in [6, 6.07) is 11.8. The number of hydrogen-bond acceptors (Lipinski definition) is 8. The lowest BCUT2D eigenvalue weighted by Gasteiger charge is -2.03. The topological polar surface area (TPSA) is 166 Å². The van der Waals surface area contributed by atoms with E-state index in [-0.39, 0.29) is 17.2 Å². The van der Waals surface area contributed by atoms with E-state index in [0.29, 0.717) is 17.4 Å². The summed E-state index contributed by atoms with van der Waals surface area (Å²) < 4.78 is 33.9. The number of non-ortho nitro benzene ring substituents is 1. The fourth-order valence-electron chi connectivity index (χ4n) is 2.44. The van der Waals surface area contributed by atoms with E-state index in [2.05, 4.69) is 15.3 Å². The number of aryl methyl sites for hydroxylation is 1. The molecule has 0 radical (unpaired) electrons. The molecule has 0 aliphatic carbocycles. The third-order valence-corrected chi connectivity index (χ3v) is 4.64. The first-order chi connectivity index (χ1) is 13.2. The lowest BCUT2D eigenvalue weighted by atomic mass is 10.3. The molecule has 0 fully saturated rings. The minimum atomic E-state index is -4.76. The second kappa shape index (κ2) is 7.17. The van der Waals surface area contributed by atoms with Crippen molar-refractivity contribution in [3.63, 3.8) is 0 Å². The molecule has 144 valence electrons. The van der Waals surface area contributed by atoms with Gasteiger partial charge >= 0.3 is 0 Å². The van der Waals surface area contributed by atoms with Gasteiger partial charge in [0.15, 0.2) is 11.5 Å². The van der Waals surface area contributed by atoms with Gasteiger partial charge in [-0.25, -0.2) is 4.68 Å². The number of benzene rings is 2. The van der Waals surface area contributed by atoms with Crippen molar-refractivity contribution in [3.8, 4) is 5.69 Å². The zero-order valence-electron chi connectivity index (χ0n) is 14.4. The predicted molar refractivity (Wildman–Crippen MR) is 99.8 cm³/mol. The molecular weight excluding hydrogens is 388 g/mol. The van der Waals surface area contributed by atoms with Crippen LogP contribution in [-0.2, 0) is 10.1 Å². The number of nitrogens with two attached hydrogens (primary N) is 1. The van der Waals surface area contributed by atoms with Gasteiger partial charge in [-0.15, -0.1) is 10.2 Å². The van der Waals surface area contributed by atoms with E-state index < -0.39 is 25.6 Å². The quantitative estimate of drug-likeness (QED) is 0.286. The molecule has 0 saturated carbocycles. The molecule has 11 nitrogen and oxygen atoms in total. The molecule has 0 bridgehead atoms. The summed E-state index contributed by atoms with van der Waals surface area (Å²) >= 11 is 0. The molecule has 0 aliphatic heterocycles. The van der Waals surface area contributed by atoms with Gasteiger partial charge in [-0.3, -0.25) is 14.7 Å². The van der Waals surface area contributed by atoms with Gasteiger partial charge in [-0.1, -0.05) is 18.2 Å². The molecule has 0 unspecified atom stereocenters. The van der Waals surface area contributed by atoms with Crippen LogP contribution in [0, 0.1) is 17.0 Å². The van der Waals surface area contributed by atoms with E-state index in [1.807, 2.05) is 18.2 Å². The van der Waals surface area contributed by atoms with Crippen LogP contribution in [0.15, 0.2) is 63.7 Å². The Morgan fingerprint density at radius 3 is 2.46 bits per heavy atom. The SMILES string of the molecule is Cc1nn(-c2ccccc2)c(N)c1N=Nc1ccc([N+](=O)[O-])cc1S(=O)(=O)O. The Balaban J connectivity index is 2.06. The summed E-state index contributed by atoms with van der Waals surface area (Å²) in [5.74, 6) is 0.169. The first-order valence-corrected chi connectivity index (χ1v) is 9.20. The molecule has 3 rings (SSSR count). The van der Waals surface area contributed by atoms with Gasteiger partial charge in [0, 0.05) is 12.1 Å². The average Bonchev–Trinajstić information content (AvgIpc) is 2.93. The van der Waals surface area contributed by atoms with Crippen molar-refractivity contribution < 1.29 is 17.9 Å². The largest absolute Gasteiger partial charge is 0.382 e. The van der Waals surface area contributed by atoms with E-state index >= 15 is 0 Å². The summed E-state index contributed by atoms with van der Waals surface area (Å²) in [4.78, 5) is 9.32. The van der Waals surface area contributed by atoms with Crippen molar-refractivity contribution in [1.82, 2.24) is 9.78 Å². The van der Waals surface area contributed by atoms with Gasteiger partial charge in [0.1, 0.15) is 10.6 Å². The molecule has 0 atom stereocenters. The van der Waals surface area contributed by atoms with Crippen molar-refractivity contribution in [1.29, 1.82) is 0 Å². The van der Waals surface area contributed by atoms with Gasteiger partial charge < -0.3 is 5.73 Å². The zero-order chi connectivity index (χ0) is 20.5. The maximum atomic E-state index is 11.6. The lowest BCUT2D eigenvalue weighted by molar-refractivity contribution is -0.385. The van der Waals surface area contributed by atoms with Gasteiger partial charge in [0.2, 0.25) is 0 Å². The Morgan fingerprint density at radius 1 is 1.18 bits per heavy atom. The number of hydrogen-bond donors (Lipinski definition) is 2. The number of nitro benzene ring substituents is 1. The molecule has 28 heavy (non-hydrogen) atoms. The number of rotatable bonds is 5. The molecule has 0 spiro atoms. The van der Waals surface area contributed by atoms with Crippen LogP contribution in [0.5, 0.6) is 0 Å². The summed E-state index contributed by atoms with van der Waals surface area (Å²) in [5.41, 5.74) is 6.61. The third kappa shape index (κ3) is 3.72. The third-order valence-electron chi connectivity index (χ3n) is 3.75. The molecule has 1 heterocycles. The predicted octanol–water partition coefficient (Wildman–Crippen LogP) is 3.33. The molecule has 0 aliphatic rings. The highest BCUT2D eigenvalue weighted by Gasteiger charge is 2.21. The van der Waals surface area contributed by atoms with Crippen molar-refractivity contribution in [2.24, 2.45) is 10.2 Å². The first-order valence-electron chi connectivity index (χ1n) is 7.76. The van der Waals surface area contributed by atoms with E-state index in [4.69, 9.17) is 5.73 Å². The monoisotopic (exact) mass is 402 g/mol. The second-order valence-electron chi connectivity index (χ2n) is 5.65. The Bertz CT molecular complexity index is 1190. The molecule has 1 aromatic heterocycles. The van der Waals surface area contributed by atoms with Gasteiger partial charge in [0.25, 0.3) is 15.8 Å². The molecule has 12 heteroatoms. The number of aromatic nitrogens is 2. The lowest BCUT2D eigenvalue weighted by Crippen LogP contribution is -2.01. The highest BCUT2D eigenvalue weighted by Crippen LogP contribution is 2.33. The number of nitro groups is 1. The van der Waals surface area contributed by atoms with Gasteiger partial charge in [0.05, 0.1) is 16.3 Å². The second-order valence-corrected chi connectivity index (χ2v) is 7.04. The summed E-state index contributed by atoms with van der Waals surface area (Å²) in [5, 5.41) is 22.9. The molecule has 3 aromatic rings. The van der Waals surface area contributed by atoms with Crippen molar-refractivity contribution in [3.05, 3.63) is 64.3 Å². The van der Waals surface area contributed by atoms with Crippen molar-refractivity contribution in [2.45, 2.75) is 11.8 Å². The van der Waals surface area contributed by atoms with Crippen molar-refractivity contribution >= 4 is 33.0 Å². The van der Waals surface area contributed by atoms with Crippen LogP contribution in [0.1, 0.15) is 5.69 Å². The summed E-state index contributed by atoms with van der Waals surface area (Å²) in [7, 11) is -4.76. The zero-order valence-corrected chi connectivity index (χ0v) is 15.2. The minimum Gasteiger partial charge on any atom is -0.382 e. The maximum Gasteiger partial charge on any atom is 0.297 e. The summed E-state index contributed by atoms with van der Waals surface area (Å²) in [6.45, 7) is 1.64. The first kappa shape index (κ1) is 19.1. The normalized spacial score (nSPS) is 11.8. The van der Waals surface area contributed by atoms with Crippen LogP contribution >= 0.6 is 0 Å². The van der Waals surface area contributed by atoms with Gasteiger partial charge in [-0.05, 0) is 25.1 Å². The fraction of sp³-hybridized carbons (Fsp3) is 0.0625. The molecular formula is C16H14N6O5S. The minimum absolute atomic E-state index is 0.169. The summed E-state index contributed by atoms with van der Waals surface area (Å²) in [6.07, 6.45) is 0. The van der Waals surface area contributed by atoms with Gasteiger partial charge in [-0.2, -0.15) is 13.5 Å². The number of nitrogens with zero attached hydrogens (tertiary/aromatic N) is 5. The van der Waals surface area contributed by atoms with Crippen LogP contribution in [0.3, 0.4) is 0 Å². The van der Waals surface area contributed by atoms with Crippen LogP contribution < -0.4 is 5.73 Å². The number of nitrogen functional groups attached to an aromatic ring is 1. The van der Waals surface area contributed by atoms with Crippen LogP contribution in [0.4, 0.5) is 22.9 Å². The van der Waals surface area contributed by atoms with E-state index in [9.17, 15) is 23.1 Å². The highest BCUT2D eigenvalue weighted by molar-refractivity contribution is 7.86. The standard InChI is InChI=1S/C16H14N6O5S/c1-10-15(16(17)21(20-10)11-5-3-2-4-6-11)19-18-13-8-7-12(22(23)24)9-14(13)28(25,26)27/h2-9H,17H2,1H3,(H,25,26,27). The fourth-order valence-corrected chi connectivity index (χ4v) is 3.08. The molecule has 2 aromatic carbocycles. The van der Waals surface area contributed by atoms with E-state index in [0.717, 1.165) is 12.1 Å². The van der Waals surface area contributed by atoms with E-state index in [1.165, 1.54) is 4.68 Å². The Labute approximate surface area is 159 Å². The maximum absolute atomic E-state index is 11.6. The number of para-hydroxylation sites is 1.